The van der Waals surface area contributed by atoms with E-state index in [9.17, 15) is 5.11 Å². The van der Waals surface area contributed by atoms with Gasteiger partial charge < -0.3 is 10.4 Å². The number of hydrogen-bond acceptors (Lipinski definition) is 2. The summed E-state index contributed by atoms with van der Waals surface area (Å²) in [4.78, 5) is 0. The van der Waals surface area contributed by atoms with Crippen molar-refractivity contribution in [3.8, 4) is 11.8 Å². The molecule has 0 bridgehead atoms. The van der Waals surface area contributed by atoms with Crippen molar-refractivity contribution < 1.29 is 5.11 Å². The Morgan fingerprint density at radius 3 is 2.47 bits per heavy atom. The van der Waals surface area contributed by atoms with E-state index in [1.807, 2.05) is 19.1 Å². The van der Waals surface area contributed by atoms with Gasteiger partial charge in [0.1, 0.15) is 0 Å². The van der Waals surface area contributed by atoms with Crippen molar-refractivity contribution in [3.05, 3.63) is 35.4 Å². The fourth-order valence-corrected chi connectivity index (χ4v) is 1.98. The molecule has 1 aromatic rings. The minimum absolute atomic E-state index is 0.442. The summed E-state index contributed by atoms with van der Waals surface area (Å²) in [6, 6.07) is 8.27. The molecule has 1 atom stereocenters. The predicted molar refractivity (Wildman–Crippen MR) is 80.9 cm³/mol. The van der Waals surface area contributed by atoms with Crippen LogP contribution in [0.1, 0.15) is 44.4 Å². The Labute approximate surface area is 117 Å². The van der Waals surface area contributed by atoms with Crippen molar-refractivity contribution in [2.45, 2.75) is 39.7 Å². The van der Waals surface area contributed by atoms with Gasteiger partial charge in [0.2, 0.25) is 0 Å². The quantitative estimate of drug-likeness (QED) is 0.583. The highest BCUT2D eigenvalue weighted by Gasteiger charge is 2.06. The van der Waals surface area contributed by atoms with Gasteiger partial charge in [-0.05, 0) is 30.4 Å². The summed E-state index contributed by atoms with van der Waals surface area (Å²) < 4.78 is 0. The fraction of sp³-hybridized carbons (Fsp3) is 0.529. The molecular formula is C17H25NO. The molecule has 2 heteroatoms. The smallest absolute Gasteiger partial charge is 0.0914 e. The lowest BCUT2D eigenvalue weighted by Crippen LogP contribution is -2.22. The summed E-state index contributed by atoms with van der Waals surface area (Å²) in [6.07, 6.45) is 1.48. The van der Waals surface area contributed by atoms with E-state index in [0.29, 0.717) is 12.5 Å². The molecule has 1 aromatic carbocycles. The van der Waals surface area contributed by atoms with Crippen LogP contribution >= 0.6 is 0 Å². The van der Waals surface area contributed by atoms with Gasteiger partial charge >= 0.3 is 0 Å². The largest absolute Gasteiger partial charge is 0.387 e. The van der Waals surface area contributed by atoms with Crippen LogP contribution in [-0.4, -0.2) is 18.2 Å². The molecule has 0 saturated heterocycles. The Morgan fingerprint density at radius 1 is 1.21 bits per heavy atom. The van der Waals surface area contributed by atoms with Crippen molar-refractivity contribution in [2.24, 2.45) is 5.92 Å². The average molecular weight is 259 g/mol. The maximum atomic E-state index is 10.1. The first-order valence-corrected chi connectivity index (χ1v) is 7.00. The van der Waals surface area contributed by atoms with Crippen molar-refractivity contribution in [3.63, 3.8) is 0 Å². The second kappa shape index (κ2) is 8.74. The number of aliphatic hydroxyl groups is 1. The summed E-state index contributed by atoms with van der Waals surface area (Å²) in [5, 5.41) is 13.3. The fourth-order valence-electron chi connectivity index (χ4n) is 1.98. The highest BCUT2D eigenvalue weighted by atomic mass is 16.3. The standard InChI is InChI=1S/C17H25NO/c1-4-5-6-11-18-13-17(19)16-9-7-15(8-10-16)12-14(2)3/h7-10,14,17-19H,6,11-13H2,1-3H3. The molecule has 104 valence electrons. The zero-order valence-electron chi connectivity index (χ0n) is 12.2. The second-order valence-electron chi connectivity index (χ2n) is 5.24. The molecule has 0 aliphatic rings. The average Bonchev–Trinajstić information content (AvgIpc) is 2.38. The molecule has 0 amide bonds. The topological polar surface area (TPSA) is 32.3 Å². The molecule has 1 rings (SSSR count). The predicted octanol–water partition coefficient (Wildman–Crippen LogP) is 2.92. The van der Waals surface area contributed by atoms with Gasteiger partial charge in [0.25, 0.3) is 0 Å². The van der Waals surface area contributed by atoms with Crippen LogP contribution < -0.4 is 5.32 Å². The minimum Gasteiger partial charge on any atom is -0.387 e. The zero-order valence-corrected chi connectivity index (χ0v) is 12.2. The van der Waals surface area contributed by atoms with E-state index in [1.165, 1.54) is 5.56 Å². The monoisotopic (exact) mass is 259 g/mol. The van der Waals surface area contributed by atoms with E-state index in [2.05, 4.69) is 43.1 Å². The van der Waals surface area contributed by atoms with Crippen LogP contribution in [0, 0.1) is 17.8 Å². The minimum atomic E-state index is -0.442. The summed E-state index contributed by atoms with van der Waals surface area (Å²) in [5.74, 6) is 6.51. The van der Waals surface area contributed by atoms with Crippen molar-refractivity contribution in [1.29, 1.82) is 0 Å². The normalized spacial score (nSPS) is 12.1. The zero-order chi connectivity index (χ0) is 14.1. The van der Waals surface area contributed by atoms with Crippen LogP contribution in [0.2, 0.25) is 0 Å². The van der Waals surface area contributed by atoms with Crippen LogP contribution in [0.15, 0.2) is 24.3 Å². The van der Waals surface area contributed by atoms with Gasteiger partial charge in [0.15, 0.2) is 0 Å². The second-order valence-corrected chi connectivity index (χ2v) is 5.24. The Hall–Kier alpha value is -1.30. The molecule has 0 aliphatic heterocycles. The van der Waals surface area contributed by atoms with E-state index in [1.54, 1.807) is 0 Å². The van der Waals surface area contributed by atoms with Crippen LogP contribution in [-0.2, 0) is 6.42 Å². The first kappa shape index (κ1) is 15.8. The van der Waals surface area contributed by atoms with E-state index in [4.69, 9.17) is 0 Å². The van der Waals surface area contributed by atoms with Gasteiger partial charge in [-0.2, -0.15) is 0 Å². The first-order chi connectivity index (χ1) is 9.13. The number of nitrogens with one attached hydrogen (secondary N) is 1. The summed E-state index contributed by atoms with van der Waals surface area (Å²) in [5.41, 5.74) is 2.30. The summed E-state index contributed by atoms with van der Waals surface area (Å²) >= 11 is 0. The molecule has 0 aliphatic carbocycles. The third kappa shape index (κ3) is 6.42. The SMILES string of the molecule is CC#CCCNCC(O)c1ccc(CC(C)C)cc1. The molecule has 0 saturated carbocycles. The van der Waals surface area contributed by atoms with Crippen LogP contribution in [0.4, 0.5) is 0 Å². The highest BCUT2D eigenvalue weighted by Crippen LogP contribution is 2.15. The van der Waals surface area contributed by atoms with Crippen molar-refractivity contribution in [1.82, 2.24) is 5.32 Å². The lowest BCUT2D eigenvalue weighted by atomic mass is 10.0. The van der Waals surface area contributed by atoms with Crippen LogP contribution in [0.25, 0.3) is 0 Å². The van der Waals surface area contributed by atoms with Gasteiger partial charge in [-0.1, -0.05) is 38.1 Å². The molecule has 2 nitrogen and oxygen atoms in total. The Bertz CT molecular complexity index is 411. The number of aliphatic hydroxyl groups excluding tert-OH is 1. The van der Waals surface area contributed by atoms with E-state index in [-0.39, 0.29) is 0 Å². The molecule has 1 unspecified atom stereocenters. The maximum absolute atomic E-state index is 10.1. The third-order valence-electron chi connectivity index (χ3n) is 2.95. The van der Waals surface area contributed by atoms with Gasteiger partial charge in [-0.3, -0.25) is 0 Å². The van der Waals surface area contributed by atoms with E-state index in [0.717, 1.165) is 24.9 Å². The van der Waals surface area contributed by atoms with Crippen LogP contribution in [0.5, 0.6) is 0 Å². The maximum Gasteiger partial charge on any atom is 0.0914 e. The number of benzene rings is 1. The van der Waals surface area contributed by atoms with E-state index < -0.39 is 6.10 Å². The van der Waals surface area contributed by atoms with Gasteiger partial charge in [0, 0.05) is 19.5 Å². The molecular weight excluding hydrogens is 234 g/mol. The van der Waals surface area contributed by atoms with Gasteiger partial charge in [0.05, 0.1) is 6.10 Å². The molecule has 0 aromatic heterocycles. The molecule has 0 fully saturated rings. The van der Waals surface area contributed by atoms with Crippen molar-refractivity contribution >= 4 is 0 Å². The molecule has 0 radical (unpaired) electrons. The number of rotatable bonds is 7. The van der Waals surface area contributed by atoms with Gasteiger partial charge in [-0.25, -0.2) is 0 Å². The summed E-state index contributed by atoms with van der Waals surface area (Å²) in [7, 11) is 0. The Balaban J connectivity index is 2.39. The van der Waals surface area contributed by atoms with Crippen molar-refractivity contribution in [2.75, 3.05) is 13.1 Å². The third-order valence-corrected chi connectivity index (χ3v) is 2.95. The lowest BCUT2D eigenvalue weighted by Gasteiger charge is -2.13. The Morgan fingerprint density at radius 2 is 1.89 bits per heavy atom. The Kier molecular flexibility index (Phi) is 7.25. The lowest BCUT2D eigenvalue weighted by molar-refractivity contribution is 0.175. The summed E-state index contributed by atoms with van der Waals surface area (Å²) in [6.45, 7) is 7.67. The van der Waals surface area contributed by atoms with E-state index >= 15 is 0 Å². The first-order valence-electron chi connectivity index (χ1n) is 7.00. The van der Waals surface area contributed by atoms with Gasteiger partial charge in [-0.15, -0.1) is 11.8 Å². The molecule has 0 heterocycles. The highest BCUT2D eigenvalue weighted by molar-refractivity contribution is 5.24. The molecule has 2 N–H and O–H groups in total. The molecule has 19 heavy (non-hydrogen) atoms. The van der Waals surface area contributed by atoms with Crippen LogP contribution in [0.3, 0.4) is 0 Å². The number of hydrogen-bond donors (Lipinski definition) is 2. The molecule has 0 spiro atoms.